The van der Waals surface area contributed by atoms with Crippen LogP contribution in [0.4, 0.5) is 21.8 Å². The highest BCUT2D eigenvalue weighted by molar-refractivity contribution is 7.71. The number of aryl methyl sites for hydroxylation is 1. The number of rotatable bonds is 4. The Bertz CT molecular complexity index is 759. The Labute approximate surface area is 132 Å². The topological polar surface area (TPSA) is 72.6 Å². The van der Waals surface area contributed by atoms with Gasteiger partial charge in [0.05, 0.1) is 13.1 Å². The minimum atomic E-state index is -1.03. The van der Waals surface area contributed by atoms with Crippen molar-refractivity contribution in [1.82, 2.24) is 20.2 Å². The second-order valence-corrected chi connectivity index (χ2v) is 6.57. The molecule has 0 radical (unpaired) electrons. The van der Waals surface area contributed by atoms with E-state index in [1.807, 2.05) is 24.0 Å². The van der Waals surface area contributed by atoms with Crippen LogP contribution < -0.4 is 10.2 Å². The van der Waals surface area contributed by atoms with E-state index in [1.54, 1.807) is 0 Å². The van der Waals surface area contributed by atoms with E-state index in [9.17, 15) is 4.39 Å². The van der Waals surface area contributed by atoms with Gasteiger partial charge < -0.3 is 15.2 Å². The number of hydrogen-bond donors (Lipinski definition) is 3. The highest BCUT2D eigenvalue weighted by Crippen LogP contribution is 2.48. The van der Waals surface area contributed by atoms with E-state index in [-0.39, 0.29) is 5.92 Å². The molecule has 8 heteroatoms. The SMILES string of the molecule is Cc1cc(Nc2cc(N3CC(F)(C4CC4)C3)nc(=S)[nH]2)n[nH]1. The summed E-state index contributed by atoms with van der Waals surface area (Å²) >= 11 is 5.17. The lowest BCUT2D eigenvalue weighted by Crippen LogP contribution is -2.60. The number of nitrogens with one attached hydrogen (secondary N) is 3. The van der Waals surface area contributed by atoms with Crippen molar-refractivity contribution in [2.75, 3.05) is 23.3 Å². The molecule has 1 aliphatic heterocycles. The maximum Gasteiger partial charge on any atom is 0.200 e. The van der Waals surface area contributed by atoms with E-state index in [2.05, 4.69) is 25.5 Å². The zero-order valence-corrected chi connectivity index (χ0v) is 13.0. The van der Waals surface area contributed by atoms with Crippen molar-refractivity contribution in [2.45, 2.75) is 25.4 Å². The van der Waals surface area contributed by atoms with Crippen molar-refractivity contribution in [1.29, 1.82) is 0 Å². The Morgan fingerprint density at radius 2 is 2.18 bits per heavy atom. The molecular weight excluding hydrogens is 303 g/mol. The number of halogens is 1. The van der Waals surface area contributed by atoms with Crippen LogP contribution >= 0.6 is 12.2 Å². The third kappa shape index (κ3) is 2.47. The summed E-state index contributed by atoms with van der Waals surface area (Å²) in [7, 11) is 0. The predicted octanol–water partition coefficient (Wildman–Crippen LogP) is 2.85. The number of alkyl halides is 1. The number of hydrogen-bond acceptors (Lipinski definition) is 5. The standard InChI is InChI=1S/C14H17FN6S/c1-8-4-11(20-19-8)16-10-5-12(18-13(22)17-10)21-6-14(15,7-21)9-2-3-9/h4-5,9H,2-3,6-7H2,1H3,(H3,16,17,18,19,20,22). The van der Waals surface area contributed by atoms with Gasteiger partial charge in [-0.05, 0) is 37.9 Å². The molecule has 6 nitrogen and oxygen atoms in total. The van der Waals surface area contributed by atoms with Gasteiger partial charge in [-0.3, -0.25) is 5.10 Å². The number of nitrogens with zero attached hydrogens (tertiary/aromatic N) is 3. The van der Waals surface area contributed by atoms with Crippen LogP contribution in [0.1, 0.15) is 18.5 Å². The molecule has 0 spiro atoms. The van der Waals surface area contributed by atoms with E-state index in [0.717, 1.165) is 18.5 Å². The van der Waals surface area contributed by atoms with Crippen LogP contribution in [0.25, 0.3) is 0 Å². The van der Waals surface area contributed by atoms with E-state index in [1.165, 1.54) is 0 Å². The maximum atomic E-state index is 14.4. The van der Waals surface area contributed by atoms with Gasteiger partial charge >= 0.3 is 0 Å². The van der Waals surface area contributed by atoms with E-state index in [4.69, 9.17) is 12.2 Å². The molecule has 3 heterocycles. The minimum absolute atomic E-state index is 0.242. The van der Waals surface area contributed by atoms with Gasteiger partial charge in [0.15, 0.2) is 10.6 Å². The number of aromatic amines is 2. The second-order valence-electron chi connectivity index (χ2n) is 6.18. The number of aromatic nitrogens is 4. The minimum Gasteiger partial charge on any atom is -0.350 e. The molecular formula is C14H17FN6S. The third-order valence-corrected chi connectivity index (χ3v) is 4.43. The smallest absolute Gasteiger partial charge is 0.200 e. The quantitative estimate of drug-likeness (QED) is 0.756. The molecule has 0 amide bonds. The first kappa shape index (κ1) is 13.7. The lowest BCUT2D eigenvalue weighted by atomic mass is 9.91. The molecule has 1 saturated heterocycles. The lowest BCUT2D eigenvalue weighted by Gasteiger charge is -2.45. The summed E-state index contributed by atoms with van der Waals surface area (Å²) in [4.78, 5) is 9.21. The lowest BCUT2D eigenvalue weighted by molar-refractivity contribution is 0.0925. The zero-order valence-electron chi connectivity index (χ0n) is 12.2. The molecule has 1 aliphatic carbocycles. The summed E-state index contributed by atoms with van der Waals surface area (Å²) in [6.07, 6.45) is 2.02. The Balaban J connectivity index is 1.52. The summed E-state index contributed by atoms with van der Waals surface area (Å²) in [6, 6.07) is 3.73. The zero-order chi connectivity index (χ0) is 15.3. The van der Waals surface area contributed by atoms with E-state index in [0.29, 0.717) is 35.3 Å². The molecule has 2 fully saturated rings. The van der Waals surface area contributed by atoms with Crippen LogP contribution in [0.15, 0.2) is 12.1 Å². The van der Waals surface area contributed by atoms with Crippen molar-refractivity contribution in [3.05, 3.63) is 22.6 Å². The summed E-state index contributed by atoms with van der Waals surface area (Å²) in [5, 5.41) is 10.1. The van der Waals surface area contributed by atoms with Crippen LogP contribution in [-0.2, 0) is 0 Å². The first-order chi connectivity index (χ1) is 10.5. The summed E-state index contributed by atoms with van der Waals surface area (Å²) in [6.45, 7) is 2.74. The van der Waals surface area contributed by atoms with Gasteiger partial charge in [0.2, 0.25) is 0 Å². The van der Waals surface area contributed by atoms with Crippen LogP contribution in [0, 0.1) is 17.6 Å². The van der Waals surface area contributed by atoms with Gasteiger partial charge in [0.25, 0.3) is 0 Å². The summed E-state index contributed by atoms with van der Waals surface area (Å²) in [5.74, 6) is 2.34. The van der Waals surface area contributed by atoms with E-state index < -0.39 is 5.67 Å². The molecule has 2 aliphatic rings. The Morgan fingerprint density at radius 3 is 2.82 bits per heavy atom. The fourth-order valence-electron chi connectivity index (χ4n) is 2.90. The summed E-state index contributed by atoms with van der Waals surface area (Å²) in [5.41, 5.74) is -0.0692. The Morgan fingerprint density at radius 1 is 1.41 bits per heavy atom. The highest BCUT2D eigenvalue weighted by atomic mass is 32.1. The Hall–Kier alpha value is -1.96. The highest BCUT2D eigenvalue weighted by Gasteiger charge is 2.54. The van der Waals surface area contributed by atoms with Crippen LogP contribution in [-0.4, -0.2) is 38.9 Å². The molecule has 116 valence electrons. The molecule has 2 aromatic heterocycles. The van der Waals surface area contributed by atoms with Gasteiger partial charge in [-0.2, -0.15) is 5.10 Å². The van der Waals surface area contributed by atoms with Gasteiger partial charge in [-0.15, -0.1) is 0 Å². The van der Waals surface area contributed by atoms with Crippen molar-refractivity contribution in [3.8, 4) is 0 Å². The maximum absolute atomic E-state index is 14.4. The molecule has 0 unspecified atom stereocenters. The largest absolute Gasteiger partial charge is 0.350 e. The molecule has 1 saturated carbocycles. The molecule has 0 bridgehead atoms. The second kappa shape index (κ2) is 4.77. The van der Waals surface area contributed by atoms with Gasteiger partial charge in [0, 0.05) is 17.8 Å². The molecule has 2 aromatic rings. The molecule has 0 aromatic carbocycles. The van der Waals surface area contributed by atoms with Gasteiger partial charge in [0.1, 0.15) is 17.3 Å². The molecule has 3 N–H and O–H groups in total. The van der Waals surface area contributed by atoms with Crippen molar-refractivity contribution < 1.29 is 4.39 Å². The monoisotopic (exact) mass is 320 g/mol. The van der Waals surface area contributed by atoms with Crippen LogP contribution in [0.2, 0.25) is 0 Å². The predicted molar refractivity (Wildman–Crippen MR) is 84.8 cm³/mol. The molecule has 22 heavy (non-hydrogen) atoms. The van der Waals surface area contributed by atoms with Crippen molar-refractivity contribution in [2.24, 2.45) is 5.92 Å². The fourth-order valence-corrected chi connectivity index (χ4v) is 3.11. The average molecular weight is 320 g/mol. The third-order valence-electron chi connectivity index (χ3n) is 4.24. The number of H-pyrrole nitrogens is 2. The van der Waals surface area contributed by atoms with Gasteiger partial charge in [-0.1, -0.05) is 0 Å². The number of anilines is 3. The molecule has 4 rings (SSSR count). The van der Waals surface area contributed by atoms with Crippen molar-refractivity contribution in [3.63, 3.8) is 0 Å². The van der Waals surface area contributed by atoms with Crippen LogP contribution in [0.5, 0.6) is 0 Å². The Kier molecular flexibility index (Phi) is 2.97. The van der Waals surface area contributed by atoms with E-state index >= 15 is 0 Å². The van der Waals surface area contributed by atoms with Gasteiger partial charge in [-0.25, -0.2) is 9.37 Å². The fraction of sp³-hybridized carbons (Fsp3) is 0.500. The van der Waals surface area contributed by atoms with Crippen molar-refractivity contribution >= 4 is 29.7 Å². The first-order valence-electron chi connectivity index (χ1n) is 7.36. The van der Waals surface area contributed by atoms with Crippen LogP contribution in [0.3, 0.4) is 0 Å². The molecule has 0 atom stereocenters. The first-order valence-corrected chi connectivity index (χ1v) is 7.77. The average Bonchev–Trinajstić information content (AvgIpc) is 3.19. The summed E-state index contributed by atoms with van der Waals surface area (Å²) < 4.78 is 14.8. The normalized spacial score (nSPS) is 19.8.